The third kappa shape index (κ3) is 5.12. The van der Waals surface area contributed by atoms with Gasteiger partial charge in [0, 0.05) is 38.2 Å². The zero-order chi connectivity index (χ0) is 26.8. The minimum atomic E-state index is 0.0857. The van der Waals surface area contributed by atoms with Crippen LogP contribution < -0.4 is 4.90 Å². The highest BCUT2D eigenvalue weighted by Gasteiger charge is 2.25. The number of para-hydroxylation sites is 1. The molecule has 196 valence electrons. The second-order valence-corrected chi connectivity index (χ2v) is 10.2. The number of rotatable bonds is 5. The van der Waals surface area contributed by atoms with Gasteiger partial charge in [-0.25, -0.2) is 14.6 Å². The van der Waals surface area contributed by atoms with Crippen LogP contribution in [0.4, 0.5) is 5.82 Å². The monoisotopic (exact) mass is 516 g/mol. The number of anilines is 1. The minimum Gasteiger partial charge on any atom is -0.354 e. The molecular formula is C32H32N6O. The Hall–Kier alpha value is -4.52. The van der Waals surface area contributed by atoms with E-state index in [-0.39, 0.29) is 5.91 Å². The second-order valence-electron chi connectivity index (χ2n) is 10.2. The van der Waals surface area contributed by atoms with E-state index in [2.05, 4.69) is 17.0 Å². The van der Waals surface area contributed by atoms with Crippen LogP contribution in [-0.4, -0.2) is 56.7 Å². The summed E-state index contributed by atoms with van der Waals surface area (Å²) in [6.07, 6.45) is 1.50. The molecule has 0 spiro atoms. The minimum absolute atomic E-state index is 0.0857. The molecule has 6 rings (SSSR count). The highest BCUT2D eigenvalue weighted by atomic mass is 16.2. The average molecular weight is 517 g/mol. The van der Waals surface area contributed by atoms with Crippen molar-refractivity contribution in [3.05, 3.63) is 113 Å². The van der Waals surface area contributed by atoms with E-state index in [1.807, 2.05) is 96.2 Å². The Morgan fingerprint density at radius 2 is 1.51 bits per heavy atom. The van der Waals surface area contributed by atoms with E-state index in [4.69, 9.17) is 15.1 Å². The Labute approximate surface area is 228 Å². The smallest absolute Gasteiger partial charge is 0.253 e. The lowest BCUT2D eigenvalue weighted by molar-refractivity contribution is 0.0767. The number of hydrogen-bond acceptors (Lipinski definition) is 5. The maximum Gasteiger partial charge on any atom is 0.253 e. The number of amides is 1. The van der Waals surface area contributed by atoms with Gasteiger partial charge in [-0.3, -0.25) is 4.79 Å². The van der Waals surface area contributed by atoms with Crippen LogP contribution in [0.5, 0.6) is 0 Å². The SMILES string of the molecule is Cc1ccc(C(=O)N2CCCN(c3nc(Cc4ccccc4)nc4c3c(C)nn4-c3ccccc3)CC2)cc1. The van der Waals surface area contributed by atoms with E-state index in [0.717, 1.165) is 70.3 Å². The first kappa shape index (κ1) is 24.8. The van der Waals surface area contributed by atoms with Gasteiger partial charge in [-0.1, -0.05) is 66.2 Å². The highest BCUT2D eigenvalue weighted by Crippen LogP contribution is 2.30. The van der Waals surface area contributed by atoms with E-state index >= 15 is 0 Å². The van der Waals surface area contributed by atoms with Crippen molar-refractivity contribution in [3.8, 4) is 5.69 Å². The van der Waals surface area contributed by atoms with Gasteiger partial charge in [0.05, 0.1) is 16.8 Å². The molecule has 1 saturated heterocycles. The number of fused-ring (bicyclic) bond motifs is 1. The topological polar surface area (TPSA) is 67.2 Å². The molecule has 0 radical (unpaired) electrons. The van der Waals surface area contributed by atoms with Crippen LogP contribution >= 0.6 is 0 Å². The molecule has 1 fully saturated rings. The summed E-state index contributed by atoms with van der Waals surface area (Å²) in [5.41, 5.74) is 5.73. The van der Waals surface area contributed by atoms with Crippen LogP contribution in [0, 0.1) is 13.8 Å². The van der Waals surface area contributed by atoms with E-state index < -0.39 is 0 Å². The maximum atomic E-state index is 13.3. The fourth-order valence-electron chi connectivity index (χ4n) is 5.25. The van der Waals surface area contributed by atoms with Gasteiger partial charge in [0.1, 0.15) is 11.6 Å². The predicted molar refractivity (Wildman–Crippen MR) is 155 cm³/mol. The normalized spacial score (nSPS) is 14.0. The summed E-state index contributed by atoms with van der Waals surface area (Å²) in [5, 5.41) is 5.87. The molecular weight excluding hydrogens is 484 g/mol. The molecule has 7 heteroatoms. The number of aromatic nitrogens is 4. The molecule has 0 aliphatic carbocycles. The van der Waals surface area contributed by atoms with E-state index in [0.29, 0.717) is 19.5 Å². The molecule has 2 aromatic heterocycles. The second kappa shape index (κ2) is 10.7. The van der Waals surface area contributed by atoms with Crippen molar-refractivity contribution in [3.63, 3.8) is 0 Å². The highest BCUT2D eigenvalue weighted by molar-refractivity contribution is 5.94. The quantitative estimate of drug-likeness (QED) is 0.314. The summed E-state index contributed by atoms with van der Waals surface area (Å²) in [7, 11) is 0. The number of aryl methyl sites for hydroxylation is 2. The van der Waals surface area contributed by atoms with Crippen molar-refractivity contribution in [2.45, 2.75) is 26.7 Å². The first-order valence-corrected chi connectivity index (χ1v) is 13.5. The third-order valence-electron chi connectivity index (χ3n) is 7.32. The molecule has 0 atom stereocenters. The summed E-state index contributed by atoms with van der Waals surface area (Å²) in [4.78, 5) is 27.7. The molecule has 0 N–H and O–H groups in total. The van der Waals surface area contributed by atoms with Crippen molar-refractivity contribution >= 4 is 22.8 Å². The van der Waals surface area contributed by atoms with Gasteiger partial charge in [0.2, 0.25) is 0 Å². The fraction of sp³-hybridized carbons (Fsp3) is 0.250. The molecule has 1 aliphatic heterocycles. The molecule has 7 nitrogen and oxygen atoms in total. The molecule has 3 aromatic carbocycles. The van der Waals surface area contributed by atoms with E-state index in [1.54, 1.807) is 0 Å². The van der Waals surface area contributed by atoms with Gasteiger partial charge in [-0.05, 0) is 50.1 Å². The number of nitrogens with zero attached hydrogens (tertiary/aromatic N) is 6. The summed E-state index contributed by atoms with van der Waals surface area (Å²) in [6.45, 7) is 6.93. The summed E-state index contributed by atoms with van der Waals surface area (Å²) in [6, 6.07) is 28.3. The maximum absolute atomic E-state index is 13.3. The molecule has 0 bridgehead atoms. The van der Waals surface area contributed by atoms with Gasteiger partial charge < -0.3 is 9.80 Å². The number of carbonyl (C=O) groups excluding carboxylic acids is 1. The zero-order valence-corrected chi connectivity index (χ0v) is 22.4. The molecule has 1 amide bonds. The standard InChI is InChI=1S/C32H32N6O/c1-23-14-16-26(17-15-23)32(39)37-19-9-18-36(20-21-37)30-29-24(2)35-38(27-12-7-4-8-13-27)31(29)34-28(33-30)22-25-10-5-3-6-11-25/h3-8,10-17H,9,18-22H2,1-2H3. The fourth-order valence-corrected chi connectivity index (χ4v) is 5.25. The van der Waals surface area contributed by atoms with Crippen molar-refractivity contribution in [2.24, 2.45) is 0 Å². The van der Waals surface area contributed by atoms with Crippen LogP contribution in [0.3, 0.4) is 0 Å². The van der Waals surface area contributed by atoms with Crippen molar-refractivity contribution < 1.29 is 4.79 Å². The summed E-state index contributed by atoms with van der Waals surface area (Å²) < 4.78 is 1.93. The Morgan fingerprint density at radius 1 is 0.795 bits per heavy atom. The third-order valence-corrected chi connectivity index (χ3v) is 7.32. The Kier molecular flexibility index (Phi) is 6.80. The number of benzene rings is 3. The van der Waals surface area contributed by atoms with Gasteiger partial charge in [0.15, 0.2) is 5.65 Å². The lowest BCUT2D eigenvalue weighted by Gasteiger charge is -2.24. The van der Waals surface area contributed by atoms with Gasteiger partial charge >= 0.3 is 0 Å². The Balaban J connectivity index is 1.37. The number of hydrogen-bond donors (Lipinski definition) is 0. The summed E-state index contributed by atoms with van der Waals surface area (Å²) in [5.74, 6) is 1.75. The molecule has 3 heterocycles. The summed E-state index contributed by atoms with van der Waals surface area (Å²) >= 11 is 0. The lowest BCUT2D eigenvalue weighted by Crippen LogP contribution is -2.35. The van der Waals surface area contributed by atoms with Crippen molar-refractivity contribution in [1.29, 1.82) is 0 Å². The molecule has 0 unspecified atom stereocenters. The van der Waals surface area contributed by atoms with E-state index in [9.17, 15) is 4.79 Å². The van der Waals surface area contributed by atoms with Crippen LogP contribution in [0.1, 0.15) is 39.4 Å². The predicted octanol–water partition coefficient (Wildman–Crippen LogP) is 5.38. The Bertz CT molecular complexity index is 1600. The first-order chi connectivity index (χ1) is 19.1. The van der Waals surface area contributed by atoms with Crippen LogP contribution in [-0.2, 0) is 6.42 Å². The molecule has 1 aliphatic rings. The van der Waals surface area contributed by atoms with Crippen LogP contribution in [0.15, 0.2) is 84.9 Å². The van der Waals surface area contributed by atoms with Crippen molar-refractivity contribution in [2.75, 3.05) is 31.1 Å². The molecule has 0 saturated carbocycles. The molecule has 39 heavy (non-hydrogen) atoms. The van der Waals surface area contributed by atoms with Gasteiger partial charge in [-0.15, -0.1) is 0 Å². The zero-order valence-electron chi connectivity index (χ0n) is 22.4. The lowest BCUT2D eigenvalue weighted by atomic mass is 10.1. The largest absolute Gasteiger partial charge is 0.354 e. The first-order valence-electron chi connectivity index (χ1n) is 13.5. The average Bonchev–Trinajstić information content (AvgIpc) is 3.13. The van der Waals surface area contributed by atoms with Gasteiger partial charge in [0.25, 0.3) is 5.91 Å². The van der Waals surface area contributed by atoms with Crippen LogP contribution in [0.25, 0.3) is 16.7 Å². The van der Waals surface area contributed by atoms with Crippen LogP contribution in [0.2, 0.25) is 0 Å². The van der Waals surface area contributed by atoms with Crippen molar-refractivity contribution in [1.82, 2.24) is 24.6 Å². The van der Waals surface area contributed by atoms with Gasteiger partial charge in [-0.2, -0.15) is 5.10 Å². The number of carbonyl (C=O) groups is 1. The Morgan fingerprint density at radius 3 is 2.26 bits per heavy atom. The molecule has 5 aromatic rings. The van der Waals surface area contributed by atoms with E-state index in [1.165, 1.54) is 0 Å².